The summed E-state index contributed by atoms with van der Waals surface area (Å²) < 4.78 is 4.63. The Morgan fingerprint density at radius 2 is 2.18 bits per heavy atom. The van der Waals surface area contributed by atoms with Gasteiger partial charge in [-0.05, 0) is 0 Å². The van der Waals surface area contributed by atoms with Gasteiger partial charge < -0.3 is 10.5 Å². The Kier molecular flexibility index (Phi) is 4.46. The molecule has 0 atom stereocenters. The van der Waals surface area contributed by atoms with Gasteiger partial charge in [-0.15, -0.1) is 0 Å². The van der Waals surface area contributed by atoms with E-state index in [0.29, 0.717) is 0 Å². The van der Waals surface area contributed by atoms with Crippen LogP contribution in [0.15, 0.2) is 0 Å². The highest BCUT2D eigenvalue weighted by Gasteiger charge is 2.11. The summed E-state index contributed by atoms with van der Waals surface area (Å²) in [5.74, 6) is -0.466. The molecule has 0 saturated heterocycles. The van der Waals surface area contributed by atoms with E-state index in [-0.39, 0.29) is 18.5 Å². The van der Waals surface area contributed by atoms with Crippen LogP contribution >= 0.6 is 0 Å². The van der Waals surface area contributed by atoms with E-state index >= 15 is 0 Å². The molecule has 5 N–H and O–H groups in total. The first-order valence-electron chi connectivity index (χ1n) is 2.88. The minimum Gasteiger partial charge on any atom is -0.383 e. The van der Waals surface area contributed by atoms with Crippen LogP contribution in [0.3, 0.4) is 0 Å². The molecule has 0 amide bonds. The first-order valence-corrected chi connectivity index (χ1v) is 2.88. The molecule has 7 nitrogen and oxygen atoms in total. The van der Waals surface area contributed by atoms with Crippen molar-refractivity contribution >= 4 is 5.96 Å². The summed E-state index contributed by atoms with van der Waals surface area (Å²) in [6.45, 7) is 0.357. The van der Waals surface area contributed by atoms with Crippen molar-refractivity contribution in [1.82, 2.24) is 10.3 Å². The Hall–Kier alpha value is -0.890. The van der Waals surface area contributed by atoms with Crippen LogP contribution in [-0.4, -0.2) is 47.0 Å². The van der Waals surface area contributed by atoms with E-state index in [4.69, 9.17) is 21.6 Å². The van der Waals surface area contributed by atoms with Crippen LogP contribution in [0, 0.1) is 5.41 Å². The van der Waals surface area contributed by atoms with Crippen LogP contribution in [0.25, 0.3) is 0 Å². The fourth-order valence-electron chi connectivity index (χ4n) is 0.484. The fraction of sp³-hybridized carbons (Fsp3) is 0.750. The molecule has 0 aromatic heterocycles. The second kappa shape index (κ2) is 4.85. The van der Waals surface area contributed by atoms with Gasteiger partial charge in [0.2, 0.25) is 5.96 Å². The van der Waals surface area contributed by atoms with Crippen molar-refractivity contribution in [2.75, 3.05) is 20.3 Å². The SMILES string of the molecule is COCCN(C(=N)N)N(O)O. The molecule has 0 saturated carbocycles. The molecule has 0 fully saturated rings. The normalized spacial score (nSPS) is 10.2. The smallest absolute Gasteiger partial charge is 0.207 e. The van der Waals surface area contributed by atoms with E-state index in [0.717, 1.165) is 5.01 Å². The maximum atomic E-state index is 8.45. The lowest BCUT2D eigenvalue weighted by molar-refractivity contribution is -0.398. The number of hydrazine groups is 1. The molecule has 0 bridgehead atoms. The Labute approximate surface area is 64.0 Å². The number of nitrogens with one attached hydrogen (secondary N) is 1. The third-order valence-electron chi connectivity index (χ3n) is 1.00. The maximum absolute atomic E-state index is 8.45. The number of nitrogens with zero attached hydrogens (tertiary/aromatic N) is 2. The molecule has 66 valence electrons. The van der Waals surface area contributed by atoms with E-state index in [1.54, 1.807) is 0 Å². The monoisotopic (exact) mass is 164 g/mol. The van der Waals surface area contributed by atoms with Crippen LogP contribution < -0.4 is 5.73 Å². The van der Waals surface area contributed by atoms with Gasteiger partial charge in [0, 0.05) is 12.4 Å². The van der Waals surface area contributed by atoms with Crippen LogP contribution in [-0.2, 0) is 4.74 Å². The molecule has 0 rings (SSSR count). The van der Waals surface area contributed by atoms with Gasteiger partial charge in [-0.25, -0.2) is 5.01 Å². The Balaban J connectivity index is 3.80. The van der Waals surface area contributed by atoms with E-state index < -0.39 is 5.96 Å². The summed E-state index contributed by atoms with van der Waals surface area (Å²) in [6, 6.07) is 0. The molecular weight excluding hydrogens is 152 g/mol. The maximum Gasteiger partial charge on any atom is 0.207 e. The van der Waals surface area contributed by atoms with Crippen LogP contribution in [0.4, 0.5) is 0 Å². The second-order valence-corrected chi connectivity index (χ2v) is 1.77. The lowest BCUT2D eigenvalue weighted by Crippen LogP contribution is -2.47. The molecule has 11 heavy (non-hydrogen) atoms. The highest BCUT2D eigenvalue weighted by molar-refractivity contribution is 5.73. The quantitative estimate of drug-likeness (QED) is 0.237. The molecule has 0 aromatic rings. The standard InChI is InChI=1S/C4H12N4O3/c1-11-3-2-7(4(5)6)8(9)10/h9-10H,2-3H2,1H3,(H3,5,6). The van der Waals surface area contributed by atoms with E-state index in [2.05, 4.69) is 4.74 Å². The van der Waals surface area contributed by atoms with Crippen molar-refractivity contribution in [2.45, 2.75) is 0 Å². The van der Waals surface area contributed by atoms with Gasteiger partial charge in [0.25, 0.3) is 0 Å². The first-order chi connectivity index (χ1) is 5.09. The van der Waals surface area contributed by atoms with Crippen LogP contribution in [0.2, 0.25) is 0 Å². The lowest BCUT2D eigenvalue weighted by atomic mass is 10.6. The van der Waals surface area contributed by atoms with Gasteiger partial charge in [-0.1, -0.05) is 0 Å². The Bertz CT molecular complexity index is 129. The summed E-state index contributed by atoms with van der Waals surface area (Å²) in [7, 11) is 1.46. The zero-order valence-corrected chi connectivity index (χ0v) is 6.19. The summed E-state index contributed by atoms with van der Waals surface area (Å²) in [5.41, 5.74) is 4.97. The summed E-state index contributed by atoms with van der Waals surface area (Å²) >= 11 is 0. The van der Waals surface area contributed by atoms with Gasteiger partial charge in [-0.3, -0.25) is 15.8 Å². The summed E-state index contributed by atoms with van der Waals surface area (Å²) in [4.78, 5) is 0. The van der Waals surface area contributed by atoms with Gasteiger partial charge in [0.15, 0.2) is 0 Å². The average Bonchev–Trinajstić information content (AvgIpc) is 1.87. The van der Waals surface area contributed by atoms with E-state index in [9.17, 15) is 0 Å². The van der Waals surface area contributed by atoms with Crippen LogP contribution in [0.1, 0.15) is 0 Å². The second-order valence-electron chi connectivity index (χ2n) is 1.77. The average molecular weight is 164 g/mol. The fourth-order valence-corrected chi connectivity index (χ4v) is 0.484. The van der Waals surface area contributed by atoms with Crippen molar-refractivity contribution in [3.8, 4) is 0 Å². The summed E-state index contributed by atoms with van der Waals surface area (Å²) in [5, 5.41) is 24.2. The number of hydrogen-bond acceptors (Lipinski definition) is 5. The van der Waals surface area contributed by atoms with Crippen LogP contribution in [0.5, 0.6) is 0 Å². The molecule has 7 heteroatoms. The predicted octanol–water partition coefficient (Wildman–Crippen LogP) is -1.18. The van der Waals surface area contributed by atoms with E-state index in [1.807, 2.05) is 0 Å². The summed E-state index contributed by atoms with van der Waals surface area (Å²) in [6.07, 6.45) is 0. The Morgan fingerprint density at radius 1 is 1.64 bits per heavy atom. The predicted molar refractivity (Wildman–Crippen MR) is 35.9 cm³/mol. The van der Waals surface area contributed by atoms with Gasteiger partial charge in [0.1, 0.15) is 0 Å². The van der Waals surface area contributed by atoms with Crippen molar-refractivity contribution in [2.24, 2.45) is 5.73 Å². The third-order valence-corrected chi connectivity index (χ3v) is 1.00. The number of nitrogens with two attached hydrogens (primary N) is 1. The third kappa shape index (κ3) is 3.73. The lowest BCUT2D eigenvalue weighted by Gasteiger charge is -2.23. The zero-order chi connectivity index (χ0) is 8.85. The molecule has 0 heterocycles. The number of ether oxygens (including phenoxy) is 1. The van der Waals surface area contributed by atoms with Crippen molar-refractivity contribution in [3.63, 3.8) is 0 Å². The zero-order valence-electron chi connectivity index (χ0n) is 6.19. The van der Waals surface area contributed by atoms with Crippen molar-refractivity contribution in [3.05, 3.63) is 0 Å². The molecule has 0 aliphatic rings. The van der Waals surface area contributed by atoms with E-state index in [1.165, 1.54) is 7.11 Å². The molecule has 0 aliphatic heterocycles. The van der Waals surface area contributed by atoms with Crippen molar-refractivity contribution < 1.29 is 15.2 Å². The molecule has 0 aromatic carbocycles. The topological polar surface area (TPSA) is 106 Å². The number of rotatable bonds is 4. The van der Waals surface area contributed by atoms with Crippen molar-refractivity contribution in [1.29, 1.82) is 5.41 Å². The largest absolute Gasteiger partial charge is 0.383 e. The number of methoxy groups -OCH3 is 1. The van der Waals surface area contributed by atoms with Gasteiger partial charge in [0.05, 0.1) is 13.2 Å². The minimum absolute atomic E-state index is 0.110. The first kappa shape index (κ1) is 10.1. The molecule has 0 aliphatic carbocycles. The molecular formula is C4H12N4O3. The number of hydrogen-bond donors (Lipinski definition) is 4. The highest BCUT2D eigenvalue weighted by atomic mass is 16.8. The molecule has 0 unspecified atom stereocenters. The molecule has 0 spiro atoms. The molecule has 0 radical (unpaired) electrons. The Morgan fingerprint density at radius 3 is 2.45 bits per heavy atom. The highest BCUT2D eigenvalue weighted by Crippen LogP contribution is 1.88. The number of guanidine groups is 1. The van der Waals surface area contributed by atoms with Gasteiger partial charge >= 0.3 is 0 Å². The van der Waals surface area contributed by atoms with Gasteiger partial charge in [-0.2, -0.15) is 0 Å². The minimum atomic E-state index is -0.466.